The number of hydrogen-bond donors (Lipinski definition) is 1. The molecule has 0 radical (unpaired) electrons. The van der Waals surface area contributed by atoms with Crippen molar-refractivity contribution in [2.45, 2.75) is 20.8 Å². The van der Waals surface area contributed by atoms with Crippen molar-refractivity contribution in [2.75, 3.05) is 23.3 Å². The number of hydrogen-bond acceptors (Lipinski definition) is 3. The van der Waals surface area contributed by atoms with E-state index in [-0.39, 0.29) is 0 Å². The van der Waals surface area contributed by atoms with Crippen LogP contribution in [0, 0.1) is 6.92 Å². The predicted octanol–water partition coefficient (Wildman–Crippen LogP) is 3.98. The van der Waals surface area contributed by atoms with E-state index in [9.17, 15) is 0 Å². The normalized spacial score (nSPS) is 10.3. The molecule has 0 aliphatic rings. The fraction of sp³-hybridized carbons (Fsp3) is 0.312. The van der Waals surface area contributed by atoms with Crippen LogP contribution < -0.4 is 10.2 Å². The average molecular weight is 255 g/mol. The lowest BCUT2D eigenvalue weighted by atomic mass is 10.2. The fourth-order valence-electron chi connectivity index (χ4n) is 2.13. The molecule has 2 rings (SSSR count). The lowest BCUT2D eigenvalue weighted by molar-refractivity contribution is 0.986. The molecule has 0 saturated carbocycles. The van der Waals surface area contributed by atoms with Crippen molar-refractivity contribution in [3.05, 3.63) is 48.0 Å². The molecule has 1 heterocycles. The Labute approximate surface area is 115 Å². The number of nitrogens with one attached hydrogen (secondary N) is 1. The van der Waals surface area contributed by atoms with E-state index in [0.29, 0.717) is 0 Å². The third kappa shape index (κ3) is 3.25. The Bertz CT molecular complexity index is 537. The predicted molar refractivity (Wildman–Crippen MR) is 82.3 cm³/mol. The highest BCUT2D eigenvalue weighted by Gasteiger charge is 2.09. The molecule has 0 aliphatic heterocycles. The van der Waals surface area contributed by atoms with Crippen molar-refractivity contribution in [3.63, 3.8) is 0 Å². The van der Waals surface area contributed by atoms with Crippen molar-refractivity contribution >= 4 is 17.3 Å². The Morgan fingerprint density at radius 1 is 1.11 bits per heavy atom. The van der Waals surface area contributed by atoms with Crippen molar-refractivity contribution in [1.29, 1.82) is 0 Å². The molecule has 1 aromatic heterocycles. The van der Waals surface area contributed by atoms with Gasteiger partial charge in [0.2, 0.25) is 0 Å². The minimum absolute atomic E-state index is 0.882. The largest absolute Gasteiger partial charge is 0.370 e. The summed E-state index contributed by atoms with van der Waals surface area (Å²) in [6.07, 6.45) is 0. The Morgan fingerprint density at radius 2 is 1.89 bits per heavy atom. The first-order valence-electron chi connectivity index (χ1n) is 6.79. The number of benzene rings is 1. The maximum atomic E-state index is 4.65. The van der Waals surface area contributed by atoms with Crippen LogP contribution in [0.1, 0.15) is 19.4 Å². The number of rotatable bonds is 5. The molecular weight excluding hydrogens is 234 g/mol. The van der Waals surface area contributed by atoms with Crippen LogP contribution in [0.3, 0.4) is 0 Å². The summed E-state index contributed by atoms with van der Waals surface area (Å²) in [7, 11) is 0. The SMILES string of the molecule is CCNc1cccc(N(CC)c2cccc(C)c2)n1. The van der Waals surface area contributed by atoms with E-state index >= 15 is 0 Å². The van der Waals surface area contributed by atoms with Crippen molar-refractivity contribution in [1.82, 2.24) is 4.98 Å². The average Bonchev–Trinajstić information content (AvgIpc) is 2.41. The van der Waals surface area contributed by atoms with E-state index in [1.54, 1.807) is 0 Å². The molecule has 0 spiro atoms. The number of nitrogens with zero attached hydrogens (tertiary/aromatic N) is 2. The molecule has 0 bridgehead atoms. The standard InChI is InChI=1S/C16H21N3/c1-4-17-15-10-7-11-16(18-15)19(5-2)14-9-6-8-13(3)12-14/h6-12H,4-5H2,1-3H3,(H,17,18). The first-order chi connectivity index (χ1) is 9.24. The van der Waals surface area contributed by atoms with Gasteiger partial charge in [0.1, 0.15) is 11.6 Å². The van der Waals surface area contributed by atoms with Gasteiger partial charge in [-0.15, -0.1) is 0 Å². The van der Waals surface area contributed by atoms with E-state index in [0.717, 1.165) is 24.7 Å². The molecule has 0 unspecified atom stereocenters. The molecule has 3 nitrogen and oxygen atoms in total. The van der Waals surface area contributed by atoms with Crippen LogP contribution >= 0.6 is 0 Å². The van der Waals surface area contributed by atoms with Crippen LogP contribution in [0.15, 0.2) is 42.5 Å². The summed E-state index contributed by atoms with van der Waals surface area (Å²) in [6.45, 7) is 8.11. The zero-order valence-corrected chi connectivity index (χ0v) is 11.9. The molecule has 2 aromatic rings. The summed E-state index contributed by atoms with van der Waals surface area (Å²) < 4.78 is 0. The lowest BCUT2D eigenvalue weighted by Crippen LogP contribution is -2.17. The molecule has 0 saturated heterocycles. The van der Waals surface area contributed by atoms with Gasteiger partial charge >= 0.3 is 0 Å². The molecule has 0 aliphatic carbocycles. The monoisotopic (exact) mass is 255 g/mol. The van der Waals surface area contributed by atoms with Gasteiger partial charge in [-0.2, -0.15) is 0 Å². The quantitative estimate of drug-likeness (QED) is 0.876. The van der Waals surface area contributed by atoms with E-state index in [4.69, 9.17) is 0 Å². The van der Waals surface area contributed by atoms with Gasteiger partial charge in [-0.25, -0.2) is 4.98 Å². The fourth-order valence-corrected chi connectivity index (χ4v) is 2.13. The molecule has 1 aromatic carbocycles. The molecule has 0 fully saturated rings. The number of aryl methyl sites for hydroxylation is 1. The van der Waals surface area contributed by atoms with Crippen LogP contribution in [0.2, 0.25) is 0 Å². The summed E-state index contributed by atoms with van der Waals surface area (Å²) in [5, 5.41) is 3.25. The molecule has 100 valence electrons. The molecule has 0 atom stereocenters. The minimum Gasteiger partial charge on any atom is -0.370 e. The van der Waals surface area contributed by atoms with Gasteiger partial charge in [0.05, 0.1) is 0 Å². The number of anilines is 3. The second kappa shape index (κ2) is 6.23. The second-order valence-corrected chi connectivity index (χ2v) is 4.49. The van der Waals surface area contributed by atoms with Crippen LogP contribution in [-0.4, -0.2) is 18.1 Å². The van der Waals surface area contributed by atoms with Crippen molar-refractivity contribution in [2.24, 2.45) is 0 Å². The summed E-state index contributed by atoms with van der Waals surface area (Å²) in [5.41, 5.74) is 2.45. The number of pyridine rings is 1. The maximum absolute atomic E-state index is 4.65. The van der Waals surface area contributed by atoms with E-state index in [1.807, 2.05) is 18.2 Å². The van der Waals surface area contributed by atoms with Gasteiger partial charge in [0, 0.05) is 18.8 Å². The molecule has 19 heavy (non-hydrogen) atoms. The first kappa shape index (κ1) is 13.4. The minimum atomic E-state index is 0.882. The van der Waals surface area contributed by atoms with Gasteiger partial charge in [-0.05, 0) is 50.6 Å². The molecule has 1 N–H and O–H groups in total. The second-order valence-electron chi connectivity index (χ2n) is 4.49. The highest BCUT2D eigenvalue weighted by Crippen LogP contribution is 2.25. The maximum Gasteiger partial charge on any atom is 0.135 e. The molecule has 3 heteroatoms. The Morgan fingerprint density at radius 3 is 2.58 bits per heavy atom. The van der Waals surface area contributed by atoms with Crippen molar-refractivity contribution < 1.29 is 0 Å². The third-order valence-electron chi connectivity index (χ3n) is 3.00. The van der Waals surface area contributed by atoms with Gasteiger partial charge in [-0.1, -0.05) is 18.2 Å². The van der Waals surface area contributed by atoms with Gasteiger partial charge in [-0.3, -0.25) is 0 Å². The topological polar surface area (TPSA) is 28.2 Å². The Balaban J connectivity index is 2.33. The summed E-state index contributed by atoms with van der Waals surface area (Å²) in [4.78, 5) is 6.87. The summed E-state index contributed by atoms with van der Waals surface area (Å²) in [5.74, 6) is 1.90. The zero-order valence-electron chi connectivity index (χ0n) is 11.9. The lowest BCUT2D eigenvalue weighted by Gasteiger charge is -2.23. The third-order valence-corrected chi connectivity index (χ3v) is 3.00. The summed E-state index contributed by atoms with van der Waals surface area (Å²) >= 11 is 0. The molecule has 0 amide bonds. The Hall–Kier alpha value is -2.03. The Kier molecular flexibility index (Phi) is 4.39. The molecular formula is C16H21N3. The van der Waals surface area contributed by atoms with Gasteiger partial charge < -0.3 is 10.2 Å². The van der Waals surface area contributed by atoms with Crippen LogP contribution in [0.5, 0.6) is 0 Å². The van der Waals surface area contributed by atoms with Crippen LogP contribution in [0.25, 0.3) is 0 Å². The highest BCUT2D eigenvalue weighted by molar-refractivity contribution is 5.62. The van der Waals surface area contributed by atoms with Crippen LogP contribution in [0.4, 0.5) is 17.3 Å². The van der Waals surface area contributed by atoms with E-state index < -0.39 is 0 Å². The van der Waals surface area contributed by atoms with Gasteiger partial charge in [0.15, 0.2) is 0 Å². The first-order valence-corrected chi connectivity index (χ1v) is 6.79. The van der Waals surface area contributed by atoms with Crippen molar-refractivity contribution in [3.8, 4) is 0 Å². The van der Waals surface area contributed by atoms with E-state index in [1.165, 1.54) is 11.3 Å². The summed E-state index contributed by atoms with van der Waals surface area (Å²) in [6, 6.07) is 14.6. The van der Waals surface area contributed by atoms with E-state index in [2.05, 4.69) is 60.2 Å². The van der Waals surface area contributed by atoms with Gasteiger partial charge in [0.25, 0.3) is 0 Å². The number of aromatic nitrogens is 1. The highest BCUT2D eigenvalue weighted by atomic mass is 15.2. The van der Waals surface area contributed by atoms with Crippen LogP contribution in [-0.2, 0) is 0 Å². The smallest absolute Gasteiger partial charge is 0.135 e. The zero-order chi connectivity index (χ0) is 13.7.